The number of ether oxygens (including phenoxy) is 2. The Hall–Kier alpha value is -1.75. The van der Waals surface area contributed by atoms with Crippen LogP contribution in [0.15, 0.2) is 21.9 Å². The van der Waals surface area contributed by atoms with E-state index in [2.05, 4.69) is 42.7 Å². The summed E-state index contributed by atoms with van der Waals surface area (Å²) < 4.78 is 40.9. The maximum absolute atomic E-state index is 15.2. The van der Waals surface area contributed by atoms with Crippen LogP contribution in [-0.4, -0.2) is 65.0 Å². The number of aromatic nitrogens is 2. The van der Waals surface area contributed by atoms with Crippen molar-refractivity contribution in [1.82, 2.24) is 20.2 Å². The van der Waals surface area contributed by atoms with E-state index in [0.29, 0.717) is 19.0 Å². The first-order valence-electron chi connectivity index (χ1n) is 11.9. The molecule has 0 radical (unpaired) electrons. The minimum Gasteiger partial charge on any atom is -0.489 e. The van der Waals surface area contributed by atoms with Crippen LogP contribution in [0.5, 0.6) is 11.8 Å². The number of nitrogens with zero attached hydrogens (tertiary/aromatic N) is 2. The van der Waals surface area contributed by atoms with E-state index < -0.39 is 23.1 Å². The molecule has 3 heterocycles. The quantitative estimate of drug-likeness (QED) is 0.340. The maximum atomic E-state index is 15.2. The summed E-state index contributed by atoms with van der Waals surface area (Å²) in [5, 5.41) is 3.28. The fraction of sp³-hybridized carbons (Fsp3) is 0.583. The van der Waals surface area contributed by atoms with Gasteiger partial charge in [0, 0.05) is 19.0 Å². The van der Waals surface area contributed by atoms with Gasteiger partial charge in [-0.05, 0) is 48.2 Å². The first-order valence-corrected chi connectivity index (χ1v) is 13.1. The summed E-state index contributed by atoms with van der Waals surface area (Å²) in [5.74, 6) is -0.749. The van der Waals surface area contributed by atoms with E-state index in [-0.39, 0.29) is 51.4 Å². The van der Waals surface area contributed by atoms with Crippen molar-refractivity contribution in [2.24, 2.45) is 0 Å². The van der Waals surface area contributed by atoms with Gasteiger partial charge in [-0.2, -0.15) is 4.98 Å². The van der Waals surface area contributed by atoms with Gasteiger partial charge in [-0.25, -0.2) is 8.78 Å². The highest BCUT2D eigenvalue weighted by atomic mass is 79.9. The Labute approximate surface area is 215 Å². The number of nitrogens with one attached hydrogen (secondary N) is 2. The first kappa shape index (κ1) is 24.9. The van der Waals surface area contributed by atoms with E-state index in [1.54, 1.807) is 6.08 Å². The van der Waals surface area contributed by atoms with Crippen LogP contribution >= 0.6 is 27.5 Å². The molecule has 2 saturated heterocycles. The highest BCUT2D eigenvalue weighted by Crippen LogP contribution is 2.42. The van der Waals surface area contributed by atoms with E-state index in [9.17, 15) is 9.18 Å². The van der Waals surface area contributed by atoms with Gasteiger partial charge in [-0.3, -0.25) is 14.7 Å². The number of hydrogen-bond donors (Lipinski definition) is 2. The molecule has 1 saturated carbocycles. The Balaban J connectivity index is 1.41. The van der Waals surface area contributed by atoms with Gasteiger partial charge in [0.25, 0.3) is 11.6 Å². The number of H-pyrrole nitrogens is 1. The molecule has 1 unspecified atom stereocenters. The van der Waals surface area contributed by atoms with Gasteiger partial charge in [0.2, 0.25) is 0 Å². The molecule has 2 N–H and O–H groups in total. The second kappa shape index (κ2) is 9.95. The summed E-state index contributed by atoms with van der Waals surface area (Å²) in [6, 6.07) is 0.117. The molecule has 0 amide bonds. The average Bonchev–Trinajstić information content (AvgIpc) is 3.32. The lowest BCUT2D eigenvalue weighted by molar-refractivity contribution is 0.107. The molecule has 35 heavy (non-hydrogen) atoms. The fourth-order valence-corrected chi connectivity index (χ4v) is 5.92. The minimum absolute atomic E-state index is 0.0362. The topological polar surface area (TPSA) is 79.5 Å². The number of alkyl halides is 1. The van der Waals surface area contributed by atoms with Crippen LogP contribution in [0.2, 0.25) is 5.02 Å². The molecule has 2 aromatic rings. The van der Waals surface area contributed by atoms with E-state index in [0.717, 1.165) is 32.2 Å². The zero-order valence-corrected chi connectivity index (χ0v) is 21.6. The van der Waals surface area contributed by atoms with Crippen LogP contribution in [0, 0.1) is 5.82 Å². The molecule has 7 nitrogen and oxygen atoms in total. The second-order valence-electron chi connectivity index (χ2n) is 9.68. The lowest BCUT2D eigenvalue weighted by atomic mass is 9.92. The Morgan fingerprint density at radius 3 is 2.91 bits per heavy atom. The molecule has 3 atom stereocenters. The van der Waals surface area contributed by atoms with Gasteiger partial charge in [0.15, 0.2) is 11.6 Å². The highest BCUT2D eigenvalue weighted by molar-refractivity contribution is 9.10. The van der Waals surface area contributed by atoms with Gasteiger partial charge >= 0.3 is 0 Å². The molecule has 2 aliphatic heterocycles. The van der Waals surface area contributed by atoms with Gasteiger partial charge in [0.1, 0.15) is 35.3 Å². The third kappa shape index (κ3) is 4.70. The Bertz CT molecular complexity index is 1190. The number of hydrogen-bond acceptors (Lipinski definition) is 6. The molecular weight excluding hydrogens is 546 g/mol. The Morgan fingerprint density at radius 2 is 2.20 bits per heavy atom. The van der Waals surface area contributed by atoms with Crippen LogP contribution in [0.25, 0.3) is 10.9 Å². The van der Waals surface area contributed by atoms with Crippen LogP contribution in [0.4, 0.5) is 8.78 Å². The zero-order valence-electron chi connectivity index (χ0n) is 19.2. The number of fused-ring (bicyclic) bond motifs is 2. The summed E-state index contributed by atoms with van der Waals surface area (Å²) in [7, 11) is 0. The zero-order chi connectivity index (χ0) is 24.7. The van der Waals surface area contributed by atoms with Crippen LogP contribution in [0.1, 0.15) is 38.5 Å². The molecule has 1 aliphatic carbocycles. The molecule has 3 aliphatic rings. The molecule has 5 rings (SSSR count). The third-order valence-corrected chi connectivity index (χ3v) is 8.74. The van der Waals surface area contributed by atoms with Gasteiger partial charge in [-0.1, -0.05) is 24.1 Å². The number of aromatic amines is 1. The summed E-state index contributed by atoms with van der Waals surface area (Å²) in [5.41, 5.74) is -1.27. The number of halogens is 4. The summed E-state index contributed by atoms with van der Waals surface area (Å²) in [6.45, 7) is 5.36. The molecule has 11 heteroatoms. The van der Waals surface area contributed by atoms with E-state index in [1.165, 1.54) is 6.42 Å². The van der Waals surface area contributed by atoms with Crippen LogP contribution in [-0.2, 0) is 0 Å². The molecule has 190 valence electrons. The predicted octanol–water partition coefficient (Wildman–Crippen LogP) is 4.51. The standard InChI is InChI=1S/C24H28BrClF2N4O3/c1-2-14(29-15-5-3-6-15)11-34-21-16-20(19(28)17(25)18(21)26)30-23(31-22(16)33)35-12-24-7-4-8-32(24)10-13(27)9-24/h2,13-15,29H,1,3-12H2,(H,30,31,33)/t13-,14?,24+/m1/s1. The van der Waals surface area contributed by atoms with Crippen molar-refractivity contribution < 1.29 is 18.3 Å². The maximum Gasteiger partial charge on any atom is 0.297 e. The van der Waals surface area contributed by atoms with E-state index in [1.807, 2.05) is 0 Å². The van der Waals surface area contributed by atoms with Crippen molar-refractivity contribution in [3.05, 3.63) is 38.3 Å². The molecule has 3 fully saturated rings. The molecule has 1 aromatic carbocycles. The van der Waals surface area contributed by atoms with Crippen molar-refractivity contribution in [3.63, 3.8) is 0 Å². The van der Waals surface area contributed by atoms with Crippen molar-refractivity contribution >= 4 is 38.4 Å². The van der Waals surface area contributed by atoms with Crippen molar-refractivity contribution in [2.45, 2.75) is 62.3 Å². The number of rotatable bonds is 9. The third-order valence-electron chi connectivity index (χ3n) is 7.40. The first-order chi connectivity index (χ1) is 16.8. The second-order valence-corrected chi connectivity index (χ2v) is 10.8. The average molecular weight is 574 g/mol. The largest absolute Gasteiger partial charge is 0.489 e. The minimum atomic E-state index is -0.907. The lowest BCUT2D eigenvalue weighted by Gasteiger charge is -2.31. The van der Waals surface area contributed by atoms with E-state index in [4.69, 9.17) is 21.1 Å². The van der Waals surface area contributed by atoms with Crippen molar-refractivity contribution in [2.75, 3.05) is 26.3 Å². The van der Waals surface area contributed by atoms with Gasteiger partial charge < -0.3 is 14.8 Å². The van der Waals surface area contributed by atoms with Crippen molar-refractivity contribution in [1.29, 1.82) is 0 Å². The van der Waals surface area contributed by atoms with Crippen LogP contribution < -0.4 is 20.3 Å². The number of benzene rings is 1. The SMILES string of the molecule is C=CC(COc1c(Cl)c(Br)c(F)c2nc(OC[C@@]34CCCN3C[C@H](F)C4)[nH]c(=O)c12)NC1CCC1. The predicted molar refractivity (Wildman–Crippen MR) is 134 cm³/mol. The summed E-state index contributed by atoms with van der Waals surface area (Å²) in [6.07, 6.45) is 6.33. The normalized spacial score (nSPS) is 25.4. The molecular formula is C24H28BrClF2N4O3. The summed E-state index contributed by atoms with van der Waals surface area (Å²) >= 11 is 9.53. The molecule has 0 spiro atoms. The van der Waals surface area contributed by atoms with E-state index >= 15 is 4.39 Å². The van der Waals surface area contributed by atoms with Crippen molar-refractivity contribution in [3.8, 4) is 11.8 Å². The molecule has 0 bridgehead atoms. The summed E-state index contributed by atoms with van der Waals surface area (Å²) in [4.78, 5) is 22.0. The highest BCUT2D eigenvalue weighted by Gasteiger charge is 2.49. The molecule has 1 aromatic heterocycles. The Kier molecular flexibility index (Phi) is 7.09. The smallest absolute Gasteiger partial charge is 0.297 e. The van der Waals surface area contributed by atoms with Gasteiger partial charge in [0.05, 0.1) is 16.1 Å². The fourth-order valence-electron chi connectivity index (χ4n) is 5.32. The Morgan fingerprint density at radius 1 is 1.40 bits per heavy atom. The van der Waals surface area contributed by atoms with Crippen LogP contribution in [0.3, 0.4) is 0 Å². The van der Waals surface area contributed by atoms with Gasteiger partial charge in [-0.15, -0.1) is 6.58 Å². The lowest BCUT2D eigenvalue weighted by Crippen LogP contribution is -2.44. The monoisotopic (exact) mass is 572 g/mol.